The minimum atomic E-state index is -0.107. The zero-order chi connectivity index (χ0) is 10.1. The molecule has 0 saturated heterocycles. The molecule has 0 spiro atoms. The molecule has 1 amide bonds. The summed E-state index contributed by atoms with van der Waals surface area (Å²) in [4.78, 5) is 12.6. The third kappa shape index (κ3) is 4.81. The van der Waals surface area contributed by atoms with E-state index in [0.29, 0.717) is 6.42 Å². The summed E-state index contributed by atoms with van der Waals surface area (Å²) in [6.07, 6.45) is 2.19. The van der Waals surface area contributed by atoms with Crippen LogP contribution in [0, 0.1) is 22.7 Å². The number of amides is 1. The van der Waals surface area contributed by atoms with E-state index in [1.807, 2.05) is 19.1 Å². The zero-order valence-corrected chi connectivity index (χ0v) is 7.79. The first-order valence-electron chi connectivity index (χ1n) is 4.28. The van der Waals surface area contributed by atoms with E-state index in [2.05, 4.69) is 0 Å². The second-order valence-electron chi connectivity index (χ2n) is 2.67. The average molecular weight is 179 g/mol. The van der Waals surface area contributed by atoms with Crippen LogP contribution in [0.2, 0.25) is 0 Å². The molecule has 0 radical (unpaired) electrons. The molecule has 0 saturated carbocycles. The Morgan fingerprint density at radius 2 is 1.85 bits per heavy atom. The average Bonchev–Trinajstić information content (AvgIpc) is 2.14. The van der Waals surface area contributed by atoms with Crippen LogP contribution in [0.15, 0.2) is 0 Å². The number of nitriles is 2. The van der Waals surface area contributed by atoms with E-state index < -0.39 is 0 Å². The quantitative estimate of drug-likeness (QED) is 0.592. The molecule has 0 aliphatic heterocycles. The van der Waals surface area contributed by atoms with Gasteiger partial charge in [0.15, 0.2) is 0 Å². The largest absolute Gasteiger partial charge is 0.316 e. The molecule has 4 nitrogen and oxygen atoms in total. The van der Waals surface area contributed by atoms with E-state index in [-0.39, 0.29) is 19.0 Å². The van der Waals surface area contributed by atoms with Crippen LogP contribution in [-0.4, -0.2) is 23.9 Å². The molecule has 0 N–H and O–H groups in total. The van der Waals surface area contributed by atoms with Gasteiger partial charge in [0.05, 0.1) is 12.1 Å². The fourth-order valence-corrected chi connectivity index (χ4v) is 0.889. The molecule has 4 heteroatoms. The van der Waals surface area contributed by atoms with Crippen LogP contribution in [0.4, 0.5) is 0 Å². The van der Waals surface area contributed by atoms with Crippen molar-refractivity contribution in [2.75, 3.05) is 13.1 Å². The highest BCUT2D eigenvalue weighted by Crippen LogP contribution is 1.99. The van der Waals surface area contributed by atoms with Crippen molar-refractivity contribution in [3.8, 4) is 12.1 Å². The van der Waals surface area contributed by atoms with Crippen LogP contribution in [0.25, 0.3) is 0 Å². The van der Waals surface area contributed by atoms with Crippen LogP contribution in [0.3, 0.4) is 0 Å². The highest BCUT2D eigenvalue weighted by molar-refractivity contribution is 5.76. The summed E-state index contributed by atoms with van der Waals surface area (Å²) in [5.41, 5.74) is 0. The van der Waals surface area contributed by atoms with Crippen molar-refractivity contribution in [2.45, 2.75) is 26.2 Å². The van der Waals surface area contributed by atoms with E-state index in [9.17, 15) is 4.79 Å². The second kappa shape index (κ2) is 7.12. The van der Waals surface area contributed by atoms with E-state index >= 15 is 0 Å². The van der Waals surface area contributed by atoms with Gasteiger partial charge in [-0.25, -0.2) is 0 Å². The van der Waals surface area contributed by atoms with Gasteiger partial charge in [-0.2, -0.15) is 10.5 Å². The van der Waals surface area contributed by atoms with Crippen molar-refractivity contribution in [3.63, 3.8) is 0 Å². The molecule has 0 fully saturated rings. The molecule has 70 valence electrons. The SMILES string of the molecule is CCCCC(=O)N(CC#N)CC#N. The molecule has 0 atom stereocenters. The highest BCUT2D eigenvalue weighted by Gasteiger charge is 2.10. The van der Waals surface area contributed by atoms with E-state index in [4.69, 9.17) is 10.5 Å². The lowest BCUT2D eigenvalue weighted by Gasteiger charge is -2.14. The summed E-state index contributed by atoms with van der Waals surface area (Å²) in [6, 6.07) is 3.73. The van der Waals surface area contributed by atoms with Gasteiger partial charge < -0.3 is 4.90 Å². The third-order valence-electron chi connectivity index (χ3n) is 1.62. The molecule has 0 heterocycles. The topological polar surface area (TPSA) is 67.9 Å². The number of unbranched alkanes of at least 4 members (excludes halogenated alkanes) is 1. The maximum Gasteiger partial charge on any atom is 0.224 e. The minimum absolute atomic E-state index is 0.0100. The van der Waals surface area contributed by atoms with Crippen LogP contribution < -0.4 is 0 Å². The molecule has 0 aromatic carbocycles. The molecule has 0 unspecified atom stereocenters. The Hall–Kier alpha value is -1.55. The van der Waals surface area contributed by atoms with Crippen LogP contribution in [-0.2, 0) is 4.79 Å². The molecule has 0 aliphatic carbocycles. The smallest absolute Gasteiger partial charge is 0.224 e. The van der Waals surface area contributed by atoms with Gasteiger partial charge in [0, 0.05) is 6.42 Å². The van der Waals surface area contributed by atoms with E-state index in [1.165, 1.54) is 4.90 Å². The normalized spacial score (nSPS) is 8.54. The Kier molecular flexibility index (Phi) is 6.27. The number of carbonyl (C=O) groups is 1. The van der Waals surface area contributed by atoms with Gasteiger partial charge in [0.25, 0.3) is 0 Å². The first kappa shape index (κ1) is 11.4. The standard InChI is InChI=1S/C9H13N3O/c1-2-3-4-9(13)12(7-5-10)8-6-11/h2-4,7-8H2,1H3. The van der Waals surface area contributed by atoms with Gasteiger partial charge in [-0.3, -0.25) is 4.79 Å². The first-order chi connectivity index (χ1) is 6.26. The van der Waals surface area contributed by atoms with Crippen LogP contribution in [0.1, 0.15) is 26.2 Å². The summed E-state index contributed by atoms with van der Waals surface area (Å²) in [7, 11) is 0. The highest BCUT2D eigenvalue weighted by atomic mass is 16.2. The van der Waals surface area contributed by atoms with Gasteiger partial charge in [0.1, 0.15) is 13.1 Å². The lowest BCUT2D eigenvalue weighted by molar-refractivity contribution is -0.130. The van der Waals surface area contributed by atoms with E-state index in [1.54, 1.807) is 0 Å². The summed E-state index contributed by atoms with van der Waals surface area (Å²) in [5.74, 6) is -0.107. The summed E-state index contributed by atoms with van der Waals surface area (Å²) in [6.45, 7) is 2.01. The molecule has 13 heavy (non-hydrogen) atoms. The van der Waals surface area contributed by atoms with Crippen LogP contribution in [0.5, 0.6) is 0 Å². The Morgan fingerprint density at radius 3 is 2.23 bits per heavy atom. The number of nitrogens with zero attached hydrogens (tertiary/aromatic N) is 3. The lowest BCUT2D eigenvalue weighted by Crippen LogP contribution is -2.31. The minimum Gasteiger partial charge on any atom is -0.316 e. The predicted octanol–water partition coefficient (Wildman–Crippen LogP) is 1.05. The second-order valence-corrected chi connectivity index (χ2v) is 2.67. The summed E-state index contributed by atoms with van der Waals surface area (Å²) < 4.78 is 0. The monoisotopic (exact) mass is 179 g/mol. The summed E-state index contributed by atoms with van der Waals surface area (Å²) in [5, 5.41) is 16.8. The van der Waals surface area contributed by atoms with E-state index in [0.717, 1.165) is 12.8 Å². The summed E-state index contributed by atoms with van der Waals surface area (Å²) >= 11 is 0. The maximum absolute atomic E-state index is 11.3. The van der Waals surface area contributed by atoms with Gasteiger partial charge in [-0.15, -0.1) is 0 Å². The van der Waals surface area contributed by atoms with Crippen LogP contribution >= 0.6 is 0 Å². The van der Waals surface area contributed by atoms with Gasteiger partial charge >= 0.3 is 0 Å². The van der Waals surface area contributed by atoms with Gasteiger partial charge in [-0.05, 0) is 6.42 Å². The molecule has 0 aliphatic rings. The van der Waals surface area contributed by atoms with Gasteiger partial charge in [-0.1, -0.05) is 13.3 Å². The molecule has 0 aromatic rings. The Balaban J connectivity index is 3.98. The molecule has 0 bridgehead atoms. The Bertz CT molecular complexity index is 220. The zero-order valence-electron chi connectivity index (χ0n) is 7.79. The predicted molar refractivity (Wildman–Crippen MR) is 47.3 cm³/mol. The fourth-order valence-electron chi connectivity index (χ4n) is 0.889. The molecule has 0 rings (SSSR count). The van der Waals surface area contributed by atoms with Crippen molar-refractivity contribution >= 4 is 5.91 Å². The Labute approximate surface area is 78.4 Å². The fraction of sp³-hybridized carbons (Fsp3) is 0.667. The van der Waals surface area contributed by atoms with Crippen molar-refractivity contribution in [1.29, 1.82) is 10.5 Å². The molecular formula is C9H13N3O. The number of hydrogen-bond acceptors (Lipinski definition) is 3. The van der Waals surface area contributed by atoms with Crippen molar-refractivity contribution < 1.29 is 4.79 Å². The lowest BCUT2D eigenvalue weighted by atomic mass is 10.2. The first-order valence-corrected chi connectivity index (χ1v) is 4.28. The Morgan fingerprint density at radius 1 is 1.31 bits per heavy atom. The molecular weight excluding hydrogens is 166 g/mol. The maximum atomic E-state index is 11.3. The van der Waals surface area contributed by atoms with Crippen molar-refractivity contribution in [2.24, 2.45) is 0 Å². The third-order valence-corrected chi connectivity index (χ3v) is 1.62. The van der Waals surface area contributed by atoms with Gasteiger partial charge in [0.2, 0.25) is 5.91 Å². The van der Waals surface area contributed by atoms with Crippen molar-refractivity contribution in [3.05, 3.63) is 0 Å². The number of carbonyl (C=O) groups excluding carboxylic acids is 1. The van der Waals surface area contributed by atoms with Crippen molar-refractivity contribution in [1.82, 2.24) is 4.90 Å². The molecule has 0 aromatic heterocycles. The number of hydrogen-bond donors (Lipinski definition) is 0. The number of rotatable bonds is 5.